The first kappa shape index (κ1) is 25.6. The second-order valence-corrected chi connectivity index (χ2v) is 8.03. The first-order valence-electron chi connectivity index (χ1n) is 10.6. The van der Waals surface area contributed by atoms with Crippen molar-refractivity contribution in [2.24, 2.45) is 4.99 Å². The lowest BCUT2D eigenvalue weighted by Gasteiger charge is -2.36. The summed E-state index contributed by atoms with van der Waals surface area (Å²) < 4.78 is 10.1. The van der Waals surface area contributed by atoms with Crippen LogP contribution in [0.3, 0.4) is 0 Å². The first-order chi connectivity index (χ1) is 14.6. The van der Waals surface area contributed by atoms with Gasteiger partial charge in [0.1, 0.15) is 24.3 Å². The van der Waals surface area contributed by atoms with Crippen LogP contribution in [0.2, 0.25) is 0 Å². The molecule has 172 valence electrons. The lowest BCUT2D eigenvalue weighted by Crippen LogP contribution is -2.52. The highest BCUT2D eigenvalue weighted by Crippen LogP contribution is 2.19. The number of halogens is 1. The Labute approximate surface area is 205 Å². The molecule has 1 unspecified atom stereocenters. The number of hydrogen-bond donors (Lipinski definition) is 2. The molecular weight excluding hydrogens is 527 g/mol. The van der Waals surface area contributed by atoms with Crippen LogP contribution in [0.4, 0.5) is 5.13 Å². The molecule has 3 rings (SSSR count). The number of rotatable bonds is 8. The molecular formula is C21H33IN6O2S. The fourth-order valence-electron chi connectivity index (χ4n) is 3.19. The third-order valence-corrected chi connectivity index (χ3v) is 5.66. The predicted molar refractivity (Wildman–Crippen MR) is 137 cm³/mol. The van der Waals surface area contributed by atoms with E-state index in [0.29, 0.717) is 6.54 Å². The minimum absolute atomic E-state index is 0. The molecule has 1 fully saturated rings. The van der Waals surface area contributed by atoms with Crippen molar-refractivity contribution in [3.05, 3.63) is 35.7 Å². The van der Waals surface area contributed by atoms with Crippen LogP contribution in [-0.4, -0.2) is 77.3 Å². The Morgan fingerprint density at radius 1 is 1.29 bits per heavy atom. The number of aliphatic hydroxyl groups excluding tert-OH is 1. The SMILES string of the molecule is CCNC(=NCC(O)COc1cccc(C)c1)N1CCN(c2nc(CC)ns2)CC1.I. The molecule has 0 saturated carbocycles. The van der Waals surface area contributed by atoms with E-state index in [0.717, 1.165) is 67.4 Å². The van der Waals surface area contributed by atoms with E-state index in [1.807, 2.05) is 31.2 Å². The Morgan fingerprint density at radius 3 is 2.71 bits per heavy atom. The van der Waals surface area contributed by atoms with E-state index in [9.17, 15) is 5.11 Å². The third-order valence-electron chi connectivity index (χ3n) is 4.84. The van der Waals surface area contributed by atoms with Crippen molar-refractivity contribution in [1.29, 1.82) is 0 Å². The average molecular weight is 561 g/mol. The van der Waals surface area contributed by atoms with Crippen molar-refractivity contribution in [3.8, 4) is 5.75 Å². The van der Waals surface area contributed by atoms with E-state index in [4.69, 9.17) is 4.74 Å². The average Bonchev–Trinajstić information content (AvgIpc) is 3.25. The molecule has 8 nitrogen and oxygen atoms in total. The Morgan fingerprint density at radius 2 is 2.06 bits per heavy atom. The fourth-order valence-corrected chi connectivity index (χ4v) is 4.00. The normalized spacial score (nSPS) is 15.4. The van der Waals surface area contributed by atoms with Gasteiger partial charge < -0.3 is 25.0 Å². The summed E-state index contributed by atoms with van der Waals surface area (Å²) in [5, 5.41) is 14.6. The van der Waals surface area contributed by atoms with Gasteiger partial charge in [-0.25, -0.2) is 4.98 Å². The monoisotopic (exact) mass is 560 g/mol. The minimum Gasteiger partial charge on any atom is -0.491 e. The van der Waals surface area contributed by atoms with Gasteiger partial charge in [-0.3, -0.25) is 4.99 Å². The van der Waals surface area contributed by atoms with E-state index in [1.165, 1.54) is 11.5 Å². The Hall–Kier alpha value is -1.66. The molecule has 1 atom stereocenters. The minimum atomic E-state index is -0.658. The molecule has 10 heteroatoms. The molecule has 1 saturated heterocycles. The van der Waals surface area contributed by atoms with Crippen LogP contribution < -0.4 is 15.0 Å². The fraction of sp³-hybridized carbons (Fsp3) is 0.571. The number of piperazine rings is 1. The molecule has 1 aromatic carbocycles. The van der Waals surface area contributed by atoms with Crippen LogP contribution in [0, 0.1) is 6.92 Å². The molecule has 2 heterocycles. The lowest BCUT2D eigenvalue weighted by molar-refractivity contribution is 0.114. The molecule has 0 radical (unpaired) electrons. The topological polar surface area (TPSA) is 86.1 Å². The highest BCUT2D eigenvalue weighted by atomic mass is 127. The van der Waals surface area contributed by atoms with Crippen LogP contribution in [0.25, 0.3) is 0 Å². The third kappa shape index (κ3) is 7.76. The number of guanidine groups is 1. The maximum atomic E-state index is 10.3. The van der Waals surface area contributed by atoms with Gasteiger partial charge in [0.15, 0.2) is 5.96 Å². The summed E-state index contributed by atoms with van der Waals surface area (Å²) in [6.45, 7) is 10.9. The molecule has 2 N–H and O–H groups in total. The summed E-state index contributed by atoms with van der Waals surface area (Å²) in [6.07, 6.45) is 0.207. The van der Waals surface area contributed by atoms with Gasteiger partial charge in [0, 0.05) is 50.7 Å². The number of hydrogen-bond acceptors (Lipinski definition) is 7. The smallest absolute Gasteiger partial charge is 0.205 e. The van der Waals surface area contributed by atoms with Crippen LogP contribution in [-0.2, 0) is 6.42 Å². The van der Waals surface area contributed by atoms with Gasteiger partial charge in [-0.2, -0.15) is 4.37 Å². The molecule has 0 aliphatic carbocycles. The molecule has 1 aliphatic rings. The number of nitrogens with one attached hydrogen (secondary N) is 1. The Bertz CT molecular complexity index is 826. The zero-order valence-electron chi connectivity index (χ0n) is 18.5. The van der Waals surface area contributed by atoms with E-state index >= 15 is 0 Å². The van der Waals surface area contributed by atoms with Gasteiger partial charge in [-0.15, -0.1) is 24.0 Å². The number of aryl methyl sites for hydroxylation is 2. The van der Waals surface area contributed by atoms with Crippen LogP contribution >= 0.6 is 35.5 Å². The number of aliphatic imine (C=N–C) groups is 1. The predicted octanol–water partition coefficient (Wildman–Crippen LogP) is 2.55. The van der Waals surface area contributed by atoms with Crippen molar-refractivity contribution < 1.29 is 9.84 Å². The maximum Gasteiger partial charge on any atom is 0.205 e. The van der Waals surface area contributed by atoms with Crippen molar-refractivity contribution in [3.63, 3.8) is 0 Å². The van der Waals surface area contributed by atoms with Crippen LogP contribution in [0.15, 0.2) is 29.3 Å². The lowest BCUT2D eigenvalue weighted by atomic mass is 10.2. The number of nitrogens with zero attached hydrogens (tertiary/aromatic N) is 5. The molecule has 1 aliphatic heterocycles. The second-order valence-electron chi connectivity index (χ2n) is 7.30. The molecule has 0 spiro atoms. The zero-order valence-corrected chi connectivity index (χ0v) is 21.6. The van der Waals surface area contributed by atoms with Gasteiger partial charge in [0.05, 0.1) is 6.54 Å². The summed E-state index contributed by atoms with van der Waals surface area (Å²) in [4.78, 5) is 13.7. The number of aliphatic hydroxyl groups is 1. The summed E-state index contributed by atoms with van der Waals surface area (Å²) >= 11 is 1.47. The Balaban J connectivity index is 0.00000341. The van der Waals surface area contributed by atoms with Crippen molar-refractivity contribution >= 4 is 46.6 Å². The van der Waals surface area contributed by atoms with Gasteiger partial charge in [0.25, 0.3) is 0 Å². The number of anilines is 1. The van der Waals surface area contributed by atoms with E-state index in [2.05, 4.69) is 43.3 Å². The van der Waals surface area contributed by atoms with Crippen molar-refractivity contribution in [2.45, 2.75) is 33.3 Å². The van der Waals surface area contributed by atoms with Crippen molar-refractivity contribution in [1.82, 2.24) is 19.6 Å². The van der Waals surface area contributed by atoms with Crippen LogP contribution in [0.1, 0.15) is 25.2 Å². The van der Waals surface area contributed by atoms with Crippen LogP contribution in [0.5, 0.6) is 5.75 Å². The standard InChI is InChI=1S/C21H32N6O2S.HI/c1-4-19-24-21(30-25-19)27-11-9-26(10-12-27)20(22-5-2)23-14-17(28)15-29-18-8-6-7-16(3)13-18;/h6-8,13,17,28H,4-5,9-12,14-15H2,1-3H3,(H,22,23);1H. The maximum absolute atomic E-state index is 10.3. The highest BCUT2D eigenvalue weighted by Gasteiger charge is 2.22. The zero-order chi connectivity index (χ0) is 21.3. The van der Waals surface area contributed by atoms with Gasteiger partial charge in [-0.1, -0.05) is 19.1 Å². The molecule has 2 aromatic rings. The van der Waals surface area contributed by atoms with E-state index in [-0.39, 0.29) is 30.6 Å². The van der Waals surface area contributed by atoms with Gasteiger partial charge in [-0.05, 0) is 31.5 Å². The largest absolute Gasteiger partial charge is 0.491 e. The van der Waals surface area contributed by atoms with E-state index in [1.54, 1.807) is 0 Å². The van der Waals surface area contributed by atoms with E-state index < -0.39 is 6.10 Å². The quantitative estimate of drug-likeness (QED) is 0.292. The first-order valence-corrected chi connectivity index (χ1v) is 11.3. The van der Waals surface area contributed by atoms with Crippen molar-refractivity contribution in [2.75, 3.05) is 50.8 Å². The Kier molecular flexibility index (Phi) is 10.7. The van der Waals surface area contributed by atoms with Gasteiger partial charge in [0.2, 0.25) is 5.13 Å². The summed E-state index contributed by atoms with van der Waals surface area (Å²) in [7, 11) is 0. The molecule has 1 aromatic heterocycles. The summed E-state index contributed by atoms with van der Waals surface area (Å²) in [5.41, 5.74) is 1.13. The number of benzene rings is 1. The number of ether oxygens (including phenoxy) is 1. The molecule has 31 heavy (non-hydrogen) atoms. The second kappa shape index (κ2) is 13.0. The molecule has 0 amide bonds. The number of aromatic nitrogens is 2. The highest BCUT2D eigenvalue weighted by molar-refractivity contribution is 14.0. The van der Waals surface area contributed by atoms with Gasteiger partial charge >= 0.3 is 0 Å². The summed E-state index contributed by atoms with van der Waals surface area (Å²) in [5.74, 6) is 2.51. The summed E-state index contributed by atoms with van der Waals surface area (Å²) in [6, 6.07) is 7.82. The molecule has 0 bridgehead atoms.